The summed E-state index contributed by atoms with van der Waals surface area (Å²) in [6.45, 7) is 0. The van der Waals surface area contributed by atoms with Crippen molar-refractivity contribution in [3.63, 3.8) is 0 Å². The zero-order valence-corrected chi connectivity index (χ0v) is 12.9. The minimum atomic E-state index is -0.653. The highest BCUT2D eigenvalue weighted by atomic mass is 35.5. The summed E-state index contributed by atoms with van der Waals surface area (Å²) >= 11 is 7.35. The van der Waals surface area contributed by atoms with Crippen molar-refractivity contribution in [2.24, 2.45) is 0 Å². The molecule has 2 N–H and O–H groups in total. The first kappa shape index (κ1) is 16.7. The molecule has 7 heteroatoms. The number of halogens is 1. The highest BCUT2D eigenvalue weighted by Gasteiger charge is 2.20. The van der Waals surface area contributed by atoms with Gasteiger partial charge in [0, 0.05) is 10.7 Å². The Hall–Kier alpha value is -1.40. The molecule has 2 amide bonds. The number of rotatable bonds is 6. The SMILES string of the molecule is COC(=O)[C@@H](CCSC)NC(=O)Nc1ccc(Cl)cc1. The van der Waals surface area contributed by atoms with Crippen molar-refractivity contribution in [3.05, 3.63) is 29.3 Å². The van der Waals surface area contributed by atoms with Crippen LogP contribution in [0.4, 0.5) is 10.5 Å². The van der Waals surface area contributed by atoms with E-state index in [1.165, 1.54) is 7.11 Å². The molecule has 0 aromatic heterocycles. The molecular formula is C13H17ClN2O3S. The molecule has 20 heavy (non-hydrogen) atoms. The molecule has 0 bridgehead atoms. The van der Waals surface area contributed by atoms with Crippen LogP contribution in [-0.2, 0) is 9.53 Å². The number of hydrogen-bond donors (Lipinski definition) is 2. The summed E-state index contributed by atoms with van der Waals surface area (Å²) in [6, 6.07) is 5.59. The summed E-state index contributed by atoms with van der Waals surface area (Å²) in [5.41, 5.74) is 0.598. The molecule has 0 aliphatic heterocycles. The summed E-state index contributed by atoms with van der Waals surface area (Å²) in [4.78, 5) is 23.4. The van der Waals surface area contributed by atoms with E-state index in [4.69, 9.17) is 11.6 Å². The van der Waals surface area contributed by atoms with Gasteiger partial charge in [-0.05, 0) is 42.7 Å². The van der Waals surface area contributed by atoms with E-state index < -0.39 is 18.0 Å². The van der Waals surface area contributed by atoms with Crippen molar-refractivity contribution in [3.8, 4) is 0 Å². The van der Waals surface area contributed by atoms with E-state index in [2.05, 4.69) is 15.4 Å². The normalized spacial score (nSPS) is 11.6. The van der Waals surface area contributed by atoms with Gasteiger partial charge in [-0.3, -0.25) is 0 Å². The van der Waals surface area contributed by atoms with E-state index in [9.17, 15) is 9.59 Å². The van der Waals surface area contributed by atoms with Gasteiger partial charge >= 0.3 is 12.0 Å². The first-order chi connectivity index (χ1) is 9.56. The lowest BCUT2D eigenvalue weighted by Gasteiger charge is -2.16. The maximum Gasteiger partial charge on any atom is 0.328 e. The molecule has 1 rings (SSSR count). The van der Waals surface area contributed by atoms with Crippen LogP contribution in [0.15, 0.2) is 24.3 Å². The second-order valence-electron chi connectivity index (χ2n) is 3.96. The van der Waals surface area contributed by atoms with E-state index >= 15 is 0 Å². The van der Waals surface area contributed by atoms with E-state index in [-0.39, 0.29) is 0 Å². The number of methoxy groups -OCH3 is 1. The third kappa shape index (κ3) is 5.71. The zero-order valence-electron chi connectivity index (χ0n) is 11.3. The monoisotopic (exact) mass is 316 g/mol. The van der Waals surface area contributed by atoms with Crippen molar-refractivity contribution in [2.45, 2.75) is 12.5 Å². The number of nitrogens with one attached hydrogen (secondary N) is 2. The maximum atomic E-state index is 11.8. The summed E-state index contributed by atoms with van der Waals surface area (Å²) in [6.07, 6.45) is 2.45. The third-order valence-electron chi connectivity index (χ3n) is 2.50. The fraction of sp³-hybridized carbons (Fsp3) is 0.385. The van der Waals surface area contributed by atoms with Gasteiger partial charge < -0.3 is 15.4 Å². The summed E-state index contributed by atoms with van der Waals surface area (Å²) < 4.78 is 4.67. The molecule has 0 heterocycles. The van der Waals surface area contributed by atoms with Gasteiger partial charge in [-0.25, -0.2) is 9.59 Å². The fourth-order valence-electron chi connectivity index (χ4n) is 1.49. The van der Waals surface area contributed by atoms with Crippen molar-refractivity contribution >= 4 is 41.1 Å². The van der Waals surface area contributed by atoms with Gasteiger partial charge in [0.05, 0.1) is 7.11 Å². The second kappa shape index (κ2) is 8.71. The fourth-order valence-corrected chi connectivity index (χ4v) is 2.08. The van der Waals surface area contributed by atoms with Crippen molar-refractivity contribution in [1.29, 1.82) is 0 Å². The summed E-state index contributed by atoms with van der Waals surface area (Å²) in [5.74, 6) is 0.298. The van der Waals surface area contributed by atoms with Gasteiger partial charge in [0.2, 0.25) is 0 Å². The highest BCUT2D eigenvalue weighted by molar-refractivity contribution is 7.98. The summed E-state index contributed by atoms with van der Waals surface area (Å²) in [5, 5.41) is 5.81. The van der Waals surface area contributed by atoms with Crippen LogP contribution >= 0.6 is 23.4 Å². The van der Waals surface area contributed by atoms with Crippen LogP contribution in [0.1, 0.15) is 6.42 Å². The molecule has 0 fully saturated rings. The van der Waals surface area contributed by atoms with Gasteiger partial charge in [0.15, 0.2) is 0 Å². The summed E-state index contributed by atoms with van der Waals surface area (Å²) in [7, 11) is 1.30. The van der Waals surface area contributed by atoms with Crippen molar-refractivity contribution in [1.82, 2.24) is 5.32 Å². The Morgan fingerprint density at radius 2 is 2.00 bits per heavy atom. The quantitative estimate of drug-likeness (QED) is 0.792. The van der Waals surface area contributed by atoms with Gasteiger partial charge in [-0.1, -0.05) is 11.6 Å². The predicted octanol–water partition coefficient (Wildman–Crippen LogP) is 2.76. The van der Waals surface area contributed by atoms with E-state index in [0.717, 1.165) is 5.75 Å². The number of carbonyl (C=O) groups excluding carboxylic acids is 2. The third-order valence-corrected chi connectivity index (χ3v) is 3.40. The molecule has 1 aromatic rings. The Bertz CT molecular complexity index is 453. The smallest absolute Gasteiger partial charge is 0.328 e. The van der Waals surface area contributed by atoms with Crippen molar-refractivity contribution in [2.75, 3.05) is 24.4 Å². The number of esters is 1. The number of hydrogen-bond acceptors (Lipinski definition) is 4. The van der Waals surface area contributed by atoms with Crippen molar-refractivity contribution < 1.29 is 14.3 Å². The van der Waals surface area contributed by atoms with Gasteiger partial charge in [0.25, 0.3) is 0 Å². The van der Waals surface area contributed by atoms with Crippen LogP contribution in [0.2, 0.25) is 5.02 Å². The predicted molar refractivity (Wildman–Crippen MR) is 82.4 cm³/mol. The average molecular weight is 317 g/mol. The van der Waals surface area contributed by atoms with Crippen LogP contribution in [0.25, 0.3) is 0 Å². The van der Waals surface area contributed by atoms with E-state index in [1.54, 1.807) is 36.0 Å². The molecule has 0 aliphatic rings. The number of urea groups is 1. The van der Waals surface area contributed by atoms with Crippen LogP contribution in [0.3, 0.4) is 0 Å². The second-order valence-corrected chi connectivity index (χ2v) is 5.38. The number of amides is 2. The lowest BCUT2D eigenvalue weighted by atomic mass is 10.2. The van der Waals surface area contributed by atoms with Gasteiger partial charge in [-0.15, -0.1) is 0 Å². The molecule has 110 valence electrons. The lowest BCUT2D eigenvalue weighted by molar-refractivity contribution is -0.142. The Morgan fingerprint density at radius 1 is 1.35 bits per heavy atom. The van der Waals surface area contributed by atoms with Gasteiger partial charge in [-0.2, -0.15) is 11.8 Å². The molecule has 0 unspecified atom stereocenters. The molecule has 0 saturated carbocycles. The standard InChI is InChI=1S/C13H17ClN2O3S/c1-19-12(17)11(7-8-20-2)16-13(18)15-10-5-3-9(14)4-6-10/h3-6,11H,7-8H2,1-2H3,(H2,15,16,18)/t11-/m1/s1. The average Bonchev–Trinajstić information content (AvgIpc) is 2.45. The zero-order chi connectivity index (χ0) is 15.0. The topological polar surface area (TPSA) is 67.4 Å². The minimum absolute atomic E-state index is 0.453. The molecule has 0 radical (unpaired) electrons. The lowest BCUT2D eigenvalue weighted by Crippen LogP contribution is -2.44. The van der Waals surface area contributed by atoms with E-state index in [1.807, 2.05) is 6.26 Å². The Kier molecular flexibility index (Phi) is 7.25. The first-order valence-electron chi connectivity index (χ1n) is 5.96. The Balaban J connectivity index is 2.56. The molecule has 5 nitrogen and oxygen atoms in total. The number of ether oxygens (including phenoxy) is 1. The Morgan fingerprint density at radius 3 is 2.55 bits per heavy atom. The molecule has 1 atom stereocenters. The number of benzene rings is 1. The number of thioether (sulfide) groups is 1. The van der Waals surface area contributed by atoms with Crippen LogP contribution in [0.5, 0.6) is 0 Å². The van der Waals surface area contributed by atoms with E-state index in [0.29, 0.717) is 17.1 Å². The highest BCUT2D eigenvalue weighted by Crippen LogP contribution is 2.13. The minimum Gasteiger partial charge on any atom is -0.467 e. The largest absolute Gasteiger partial charge is 0.467 e. The number of carbonyl (C=O) groups is 2. The number of anilines is 1. The molecule has 0 aliphatic carbocycles. The molecular weight excluding hydrogens is 300 g/mol. The Labute approximate surface area is 127 Å². The van der Waals surface area contributed by atoms with Crippen LogP contribution in [-0.4, -0.2) is 37.2 Å². The molecule has 0 spiro atoms. The van der Waals surface area contributed by atoms with Crippen LogP contribution in [0, 0.1) is 0 Å². The molecule has 1 aromatic carbocycles. The first-order valence-corrected chi connectivity index (χ1v) is 7.74. The molecule has 0 saturated heterocycles. The van der Waals surface area contributed by atoms with Gasteiger partial charge in [0.1, 0.15) is 6.04 Å². The maximum absolute atomic E-state index is 11.8. The van der Waals surface area contributed by atoms with Crippen LogP contribution < -0.4 is 10.6 Å².